The molecule has 5 heteroatoms. The molecule has 0 radical (unpaired) electrons. The van der Waals surface area contributed by atoms with E-state index in [1.165, 1.54) is 0 Å². The van der Waals surface area contributed by atoms with Crippen molar-refractivity contribution < 1.29 is 26.8 Å². The van der Waals surface area contributed by atoms with E-state index in [9.17, 15) is 3.67 Å². The Morgan fingerprint density at radius 3 is 1.33 bits per heavy atom. The van der Waals surface area contributed by atoms with Crippen molar-refractivity contribution in [2.24, 2.45) is 22.7 Å². The van der Waals surface area contributed by atoms with Crippen LogP contribution in [0, 0.1) is 22.7 Å². The molecule has 0 fully saturated rings. The van der Waals surface area contributed by atoms with E-state index < -0.39 is 15.8 Å². The second-order valence-corrected chi connectivity index (χ2v) is 9.80. The van der Waals surface area contributed by atoms with Crippen molar-refractivity contribution in [1.82, 2.24) is 0 Å². The molecule has 21 heavy (non-hydrogen) atoms. The van der Waals surface area contributed by atoms with Gasteiger partial charge in [0.1, 0.15) is 0 Å². The van der Waals surface area contributed by atoms with Gasteiger partial charge in [-0.2, -0.15) is 0 Å². The SMILES string of the molecule is CC(C)CC(C)(C)C[O][V](=[O])[O]CC(C)(C)CC(C)C.Cl. The number of halogens is 1. The Hall–Kier alpha value is 0.594. The van der Waals surface area contributed by atoms with Crippen LogP contribution >= 0.6 is 12.4 Å². The predicted molar refractivity (Wildman–Crippen MR) is 86.3 cm³/mol. The Labute approximate surface area is 143 Å². The van der Waals surface area contributed by atoms with Crippen molar-refractivity contribution in [3.05, 3.63) is 0 Å². The molecule has 0 aliphatic carbocycles. The zero-order chi connectivity index (χ0) is 16.0. The Kier molecular flexibility index (Phi) is 11.8. The molecule has 0 aliphatic heterocycles. The van der Waals surface area contributed by atoms with Crippen molar-refractivity contribution >= 4 is 12.4 Å². The molecule has 129 valence electrons. The van der Waals surface area contributed by atoms with Crippen molar-refractivity contribution in [3.8, 4) is 0 Å². The molecule has 0 rings (SSSR count). The molecule has 0 aromatic rings. The second-order valence-electron chi connectivity index (χ2n) is 8.29. The first-order chi connectivity index (χ1) is 8.93. The van der Waals surface area contributed by atoms with Crippen molar-refractivity contribution in [2.45, 2.75) is 68.2 Å². The van der Waals surface area contributed by atoms with Gasteiger partial charge in [0.25, 0.3) is 0 Å². The standard InChI is InChI=1S/2C8H17O.ClH.O.V/c2*1-7(2)5-8(3,4)6-9;;;/h2*7H,5-6H2,1-4H3;1H;;/q2*-1;;;+2. The van der Waals surface area contributed by atoms with Crippen LogP contribution < -0.4 is 0 Å². The van der Waals surface area contributed by atoms with Gasteiger partial charge in [0.05, 0.1) is 0 Å². The summed E-state index contributed by atoms with van der Waals surface area (Å²) in [4.78, 5) is 0. The third-order valence-electron chi connectivity index (χ3n) is 3.04. The zero-order valence-corrected chi connectivity index (χ0v) is 17.3. The first kappa shape index (κ1) is 23.9. The minimum absolute atomic E-state index is 0. The fourth-order valence-corrected chi connectivity index (χ4v) is 4.36. The van der Waals surface area contributed by atoms with E-state index in [-0.39, 0.29) is 23.2 Å². The van der Waals surface area contributed by atoms with E-state index in [1.54, 1.807) is 0 Å². The largest absolute Gasteiger partial charge is 0.147 e. The Morgan fingerprint density at radius 1 is 0.810 bits per heavy atom. The van der Waals surface area contributed by atoms with Crippen LogP contribution in [0.2, 0.25) is 0 Å². The van der Waals surface area contributed by atoms with Gasteiger partial charge in [-0.25, -0.2) is 0 Å². The third-order valence-corrected chi connectivity index (χ3v) is 4.10. The molecule has 0 N–H and O–H groups in total. The normalized spacial score (nSPS) is 12.7. The van der Waals surface area contributed by atoms with Crippen LogP contribution in [-0.2, 0) is 26.8 Å². The zero-order valence-electron chi connectivity index (χ0n) is 15.1. The van der Waals surface area contributed by atoms with Crippen LogP contribution in [0.3, 0.4) is 0 Å². The molecule has 0 amide bonds. The summed E-state index contributed by atoms with van der Waals surface area (Å²) in [7, 11) is 0. The first-order valence-corrected chi connectivity index (χ1v) is 9.38. The summed E-state index contributed by atoms with van der Waals surface area (Å²) in [6.07, 6.45) is 2.13. The van der Waals surface area contributed by atoms with Crippen molar-refractivity contribution in [3.63, 3.8) is 0 Å². The summed E-state index contributed by atoms with van der Waals surface area (Å²) < 4.78 is 22.8. The van der Waals surface area contributed by atoms with Gasteiger partial charge in [-0.05, 0) is 0 Å². The van der Waals surface area contributed by atoms with E-state index in [0.29, 0.717) is 25.0 Å². The van der Waals surface area contributed by atoms with Crippen LogP contribution in [0.15, 0.2) is 0 Å². The van der Waals surface area contributed by atoms with Crippen molar-refractivity contribution in [2.75, 3.05) is 13.2 Å². The minimum Gasteiger partial charge on any atom is -0.147 e. The minimum atomic E-state index is -2.81. The second kappa shape index (κ2) is 10.4. The van der Waals surface area contributed by atoms with Gasteiger partial charge >= 0.3 is 131 Å². The average Bonchev–Trinajstić information content (AvgIpc) is 2.20. The number of hydrogen-bond donors (Lipinski definition) is 0. The summed E-state index contributed by atoms with van der Waals surface area (Å²) in [6, 6.07) is 0. The molecule has 0 spiro atoms. The van der Waals surface area contributed by atoms with Gasteiger partial charge in [-0.15, -0.1) is 12.4 Å². The first-order valence-electron chi connectivity index (χ1n) is 7.67. The molecule has 0 unspecified atom stereocenters. The number of hydrogen-bond acceptors (Lipinski definition) is 3. The van der Waals surface area contributed by atoms with Crippen LogP contribution in [-0.4, -0.2) is 13.2 Å². The molecule has 0 heterocycles. The summed E-state index contributed by atoms with van der Waals surface area (Å²) in [6.45, 7) is 18.4. The third kappa shape index (κ3) is 13.9. The van der Waals surface area contributed by atoms with Gasteiger partial charge in [0, 0.05) is 0 Å². The molecule has 0 saturated heterocycles. The maximum Gasteiger partial charge on any atom is -0.147 e. The fraction of sp³-hybridized carbons (Fsp3) is 1.00. The van der Waals surface area contributed by atoms with E-state index in [2.05, 4.69) is 55.4 Å². The number of rotatable bonds is 10. The van der Waals surface area contributed by atoms with Crippen LogP contribution in [0.5, 0.6) is 0 Å². The molecule has 0 saturated carbocycles. The molecule has 0 aromatic carbocycles. The van der Waals surface area contributed by atoms with Crippen LogP contribution in [0.4, 0.5) is 0 Å². The Balaban J connectivity index is 0. The molecular formula is C16H35ClO3V. The van der Waals surface area contributed by atoms with E-state index in [0.717, 1.165) is 12.8 Å². The maximum absolute atomic E-state index is 11.9. The Bertz CT molecular complexity index is 274. The monoisotopic (exact) mass is 361 g/mol. The molecule has 0 aromatic heterocycles. The topological polar surface area (TPSA) is 35.5 Å². The van der Waals surface area contributed by atoms with Crippen LogP contribution in [0.1, 0.15) is 68.2 Å². The van der Waals surface area contributed by atoms with E-state index in [1.807, 2.05) is 0 Å². The molecule has 0 atom stereocenters. The summed E-state index contributed by atoms with van der Waals surface area (Å²) in [5.74, 6) is 1.24. The van der Waals surface area contributed by atoms with Crippen molar-refractivity contribution in [1.29, 1.82) is 0 Å². The van der Waals surface area contributed by atoms with E-state index >= 15 is 0 Å². The van der Waals surface area contributed by atoms with E-state index in [4.69, 9.17) is 7.32 Å². The Morgan fingerprint density at radius 2 is 1.10 bits per heavy atom. The molecular weight excluding hydrogens is 327 g/mol. The van der Waals surface area contributed by atoms with Gasteiger partial charge in [0.15, 0.2) is 0 Å². The van der Waals surface area contributed by atoms with Gasteiger partial charge in [0.2, 0.25) is 0 Å². The summed E-state index contributed by atoms with van der Waals surface area (Å²) in [5.41, 5.74) is 0.116. The van der Waals surface area contributed by atoms with Gasteiger partial charge in [-0.1, -0.05) is 0 Å². The molecule has 0 aliphatic rings. The smallest absolute Gasteiger partial charge is 0.147 e. The molecule has 0 bridgehead atoms. The average molecular weight is 362 g/mol. The fourth-order valence-electron chi connectivity index (χ4n) is 2.82. The van der Waals surface area contributed by atoms with Crippen LogP contribution in [0.25, 0.3) is 0 Å². The van der Waals surface area contributed by atoms with Gasteiger partial charge < -0.3 is 0 Å². The molecule has 3 nitrogen and oxygen atoms in total. The predicted octanol–water partition coefficient (Wildman–Crippen LogP) is 5.38. The maximum atomic E-state index is 11.9. The summed E-state index contributed by atoms with van der Waals surface area (Å²) in [5, 5.41) is 0. The summed E-state index contributed by atoms with van der Waals surface area (Å²) >= 11 is -2.81. The quantitative estimate of drug-likeness (QED) is 0.524. The van der Waals surface area contributed by atoms with Gasteiger partial charge in [-0.3, -0.25) is 0 Å².